The Morgan fingerprint density at radius 3 is 2.45 bits per heavy atom. The molecule has 0 unspecified atom stereocenters. The number of piperazine rings is 1. The minimum Gasteiger partial charge on any atom is -0.369 e. The molecule has 29 heavy (non-hydrogen) atoms. The number of nitrogens with zero attached hydrogens (tertiary/aromatic N) is 3. The molecule has 4 rings (SSSR count). The Morgan fingerprint density at radius 1 is 1.00 bits per heavy atom. The molecular weight excluding hydrogens is 362 g/mol. The van der Waals surface area contributed by atoms with E-state index >= 15 is 0 Å². The number of rotatable bonds is 5. The molecule has 6 heteroatoms. The smallest absolute Gasteiger partial charge is 0.251 e. The topological polar surface area (TPSA) is 60.5 Å². The van der Waals surface area contributed by atoms with Gasteiger partial charge in [0, 0.05) is 55.4 Å². The van der Waals surface area contributed by atoms with Crippen LogP contribution in [-0.4, -0.2) is 55.1 Å². The van der Waals surface area contributed by atoms with Gasteiger partial charge in [0.25, 0.3) is 5.91 Å². The maximum Gasteiger partial charge on any atom is 0.251 e. The van der Waals surface area contributed by atoms with Crippen LogP contribution in [0.15, 0.2) is 42.6 Å². The third-order valence-electron chi connectivity index (χ3n) is 5.97. The van der Waals surface area contributed by atoms with E-state index in [9.17, 15) is 4.79 Å². The molecule has 0 spiro atoms. The highest BCUT2D eigenvalue weighted by Crippen LogP contribution is 2.22. The van der Waals surface area contributed by atoms with Crippen LogP contribution in [0.3, 0.4) is 0 Å². The molecule has 0 atom stereocenters. The molecular formula is C23H31N5O. The molecule has 6 nitrogen and oxygen atoms in total. The maximum atomic E-state index is 12.6. The molecule has 1 aromatic heterocycles. The lowest BCUT2D eigenvalue weighted by molar-refractivity contribution is 0.0927. The van der Waals surface area contributed by atoms with E-state index in [1.807, 2.05) is 6.07 Å². The van der Waals surface area contributed by atoms with Crippen molar-refractivity contribution in [3.8, 4) is 0 Å². The SMILES string of the molecule is CN1CCN(c2ccc(Nc3cc(C(=O)NC4CCCCC4)ccn3)cc2)CC1. The summed E-state index contributed by atoms with van der Waals surface area (Å²) >= 11 is 0. The zero-order valence-corrected chi connectivity index (χ0v) is 17.2. The van der Waals surface area contributed by atoms with Gasteiger partial charge >= 0.3 is 0 Å². The van der Waals surface area contributed by atoms with Gasteiger partial charge in [0.2, 0.25) is 0 Å². The van der Waals surface area contributed by atoms with Gasteiger partial charge in [-0.2, -0.15) is 0 Å². The summed E-state index contributed by atoms with van der Waals surface area (Å²) < 4.78 is 0. The fraction of sp³-hybridized carbons (Fsp3) is 0.478. The van der Waals surface area contributed by atoms with E-state index in [0.29, 0.717) is 17.4 Å². The van der Waals surface area contributed by atoms with E-state index in [2.05, 4.69) is 56.7 Å². The van der Waals surface area contributed by atoms with Crippen LogP contribution in [-0.2, 0) is 0 Å². The number of aromatic nitrogens is 1. The maximum absolute atomic E-state index is 12.6. The van der Waals surface area contributed by atoms with Crippen molar-refractivity contribution in [3.63, 3.8) is 0 Å². The molecule has 154 valence electrons. The zero-order chi connectivity index (χ0) is 20.1. The van der Waals surface area contributed by atoms with E-state index in [4.69, 9.17) is 0 Å². The summed E-state index contributed by atoms with van der Waals surface area (Å²) in [7, 11) is 2.17. The van der Waals surface area contributed by atoms with Gasteiger partial charge in [-0.05, 0) is 56.3 Å². The number of pyridine rings is 1. The molecule has 1 aliphatic carbocycles. The van der Waals surface area contributed by atoms with Gasteiger partial charge in [-0.1, -0.05) is 19.3 Å². The normalized spacial score (nSPS) is 18.4. The van der Waals surface area contributed by atoms with E-state index in [1.165, 1.54) is 24.9 Å². The highest BCUT2D eigenvalue weighted by molar-refractivity contribution is 5.95. The van der Waals surface area contributed by atoms with Gasteiger partial charge in [-0.3, -0.25) is 4.79 Å². The third kappa shape index (κ3) is 5.26. The van der Waals surface area contributed by atoms with E-state index < -0.39 is 0 Å². The first-order chi connectivity index (χ1) is 14.2. The molecule has 2 aromatic rings. The first-order valence-electron chi connectivity index (χ1n) is 10.7. The predicted molar refractivity (Wildman–Crippen MR) is 118 cm³/mol. The van der Waals surface area contributed by atoms with Crippen LogP contribution in [0.1, 0.15) is 42.5 Å². The highest BCUT2D eigenvalue weighted by Gasteiger charge is 2.17. The molecule has 1 aromatic carbocycles. The molecule has 0 radical (unpaired) electrons. The van der Waals surface area contributed by atoms with Crippen molar-refractivity contribution in [2.24, 2.45) is 0 Å². The first-order valence-corrected chi connectivity index (χ1v) is 10.7. The number of hydrogen-bond donors (Lipinski definition) is 2. The third-order valence-corrected chi connectivity index (χ3v) is 5.97. The number of likely N-dealkylation sites (N-methyl/N-ethyl adjacent to an activating group) is 1. The summed E-state index contributed by atoms with van der Waals surface area (Å²) in [6.45, 7) is 4.31. The summed E-state index contributed by atoms with van der Waals surface area (Å²) in [5.41, 5.74) is 2.87. The quantitative estimate of drug-likeness (QED) is 0.812. The van der Waals surface area contributed by atoms with Crippen molar-refractivity contribution in [1.82, 2.24) is 15.2 Å². The van der Waals surface area contributed by atoms with Crippen molar-refractivity contribution < 1.29 is 4.79 Å². The minimum atomic E-state index is -0.00670. The number of anilines is 3. The van der Waals surface area contributed by atoms with Gasteiger partial charge in [0.1, 0.15) is 5.82 Å². The largest absolute Gasteiger partial charge is 0.369 e. The lowest BCUT2D eigenvalue weighted by Crippen LogP contribution is -2.44. The summed E-state index contributed by atoms with van der Waals surface area (Å²) in [5, 5.41) is 6.49. The molecule has 1 aliphatic heterocycles. The Morgan fingerprint density at radius 2 is 1.72 bits per heavy atom. The number of amides is 1. The summed E-state index contributed by atoms with van der Waals surface area (Å²) in [6.07, 6.45) is 7.56. The Bertz CT molecular complexity index is 808. The van der Waals surface area contributed by atoms with Crippen molar-refractivity contribution in [2.45, 2.75) is 38.1 Å². The highest BCUT2D eigenvalue weighted by atomic mass is 16.1. The molecule has 1 amide bonds. The summed E-state index contributed by atoms with van der Waals surface area (Å²) in [4.78, 5) is 21.7. The zero-order valence-electron chi connectivity index (χ0n) is 17.2. The number of hydrogen-bond acceptors (Lipinski definition) is 5. The number of benzene rings is 1. The Labute approximate surface area is 173 Å². The Balaban J connectivity index is 1.36. The standard InChI is InChI=1S/C23H31N5O/c1-27-13-15-28(16-14-27)21-9-7-20(8-10-21)25-22-17-18(11-12-24-22)23(29)26-19-5-3-2-4-6-19/h7-12,17,19H,2-6,13-16H2,1H3,(H,24,25)(H,26,29). The summed E-state index contributed by atoms with van der Waals surface area (Å²) in [5.74, 6) is 0.682. The van der Waals surface area contributed by atoms with Crippen LogP contribution in [0.25, 0.3) is 0 Å². The molecule has 1 saturated heterocycles. The molecule has 0 bridgehead atoms. The molecule has 2 N–H and O–H groups in total. The van der Waals surface area contributed by atoms with Gasteiger partial charge < -0.3 is 20.4 Å². The Kier molecular flexibility index (Phi) is 6.30. The van der Waals surface area contributed by atoms with Gasteiger partial charge in [0.15, 0.2) is 0 Å². The van der Waals surface area contributed by atoms with Gasteiger partial charge in [0.05, 0.1) is 0 Å². The van der Waals surface area contributed by atoms with Gasteiger partial charge in [-0.15, -0.1) is 0 Å². The second-order valence-electron chi connectivity index (χ2n) is 8.20. The van der Waals surface area contributed by atoms with Crippen molar-refractivity contribution in [3.05, 3.63) is 48.2 Å². The van der Waals surface area contributed by atoms with Crippen molar-refractivity contribution >= 4 is 23.1 Å². The van der Waals surface area contributed by atoms with Crippen molar-refractivity contribution in [1.29, 1.82) is 0 Å². The lowest BCUT2D eigenvalue weighted by Gasteiger charge is -2.34. The molecule has 1 saturated carbocycles. The first kappa shape index (κ1) is 19.7. The average Bonchev–Trinajstić information content (AvgIpc) is 2.76. The van der Waals surface area contributed by atoms with E-state index in [0.717, 1.165) is 44.7 Å². The second kappa shape index (κ2) is 9.27. The van der Waals surface area contributed by atoms with Crippen molar-refractivity contribution in [2.75, 3.05) is 43.4 Å². The van der Waals surface area contributed by atoms with Crippen LogP contribution in [0.4, 0.5) is 17.2 Å². The van der Waals surface area contributed by atoms with Crippen LogP contribution >= 0.6 is 0 Å². The number of carbonyl (C=O) groups excluding carboxylic acids is 1. The second-order valence-corrected chi connectivity index (χ2v) is 8.20. The van der Waals surface area contributed by atoms with Crippen LogP contribution in [0, 0.1) is 0 Å². The van der Waals surface area contributed by atoms with Crippen LogP contribution in [0.2, 0.25) is 0 Å². The van der Waals surface area contributed by atoms with E-state index in [-0.39, 0.29) is 5.91 Å². The van der Waals surface area contributed by atoms with Gasteiger partial charge in [-0.25, -0.2) is 4.98 Å². The lowest BCUT2D eigenvalue weighted by atomic mass is 9.95. The molecule has 2 fully saturated rings. The monoisotopic (exact) mass is 393 g/mol. The average molecular weight is 394 g/mol. The predicted octanol–water partition coefficient (Wildman–Crippen LogP) is 3.64. The number of nitrogens with one attached hydrogen (secondary N) is 2. The van der Waals surface area contributed by atoms with E-state index in [1.54, 1.807) is 12.3 Å². The summed E-state index contributed by atoms with van der Waals surface area (Å²) in [6, 6.07) is 12.4. The van der Waals surface area contributed by atoms with Crippen LogP contribution in [0.5, 0.6) is 0 Å². The molecule has 2 heterocycles. The fourth-order valence-corrected chi connectivity index (χ4v) is 4.12. The van der Waals surface area contributed by atoms with Crippen LogP contribution < -0.4 is 15.5 Å². The minimum absolute atomic E-state index is 0.00670. The fourth-order valence-electron chi connectivity index (χ4n) is 4.12. The number of carbonyl (C=O) groups is 1. The Hall–Kier alpha value is -2.60. The molecule has 2 aliphatic rings.